The van der Waals surface area contributed by atoms with Gasteiger partial charge in [0.1, 0.15) is 5.82 Å². The van der Waals surface area contributed by atoms with E-state index in [0.717, 1.165) is 27.6 Å². The molecule has 2 rings (SSSR count). The molecule has 1 aliphatic rings. The Labute approximate surface area is 106 Å². The van der Waals surface area contributed by atoms with Crippen molar-refractivity contribution in [1.29, 1.82) is 0 Å². The van der Waals surface area contributed by atoms with Gasteiger partial charge in [-0.3, -0.25) is 0 Å². The van der Waals surface area contributed by atoms with Gasteiger partial charge in [0.05, 0.1) is 4.47 Å². The van der Waals surface area contributed by atoms with Gasteiger partial charge in [-0.1, -0.05) is 12.2 Å². The minimum atomic E-state index is 0.514. The molecule has 80 valence electrons. The fraction of sp³-hybridized carbons (Fsp3) is 0.364. The van der Waals surface area contributed by atoms with Crippen LogP contribution in [0.5, 0.6) is 0 Å². The summed E-state index contributed by atoms with van der Waals surface area (Å²) in [5.74, 6) is 0.929. The first kappa shape index (κ1) is 11.1. The molecule has 1 aliphatic carbocycles. The summed E-state index contributed by atoms with van der Waals surface area (Å²) in [4.78, 5) is 4.34. The Bertz CT molecular complexity index is 377. The predicted molar refractivity (Wildman–Crippen MR) is 70.0 cm³/mol. The first-order valence-electron chi connectivity index (χ1n) is 4.98. The minimum absolute atomic E-state index is 0.514. The zero-order valence-electron chi connectivity index (χ0n) is 8.21. The van der Waals surface area contributed by atoms with Crippen LogP contribution in [0.4, 0.5) is 5.82 Å². The van der Waals surface area contributed by atoms with Gasteiger partial charge >= 0.3 is 0 Å². The van der Waals surface area contributed by atoms with Gasteiger partial charge in [0.25, 0.3) is 0 Å². The van der Waals surface area contributed by atoms with Crippen LogP contribution >= 0.6 is 31.9 Å². The van der Waals surface area contributed by atoms with E-state index in [4.69, 9.17) is 0 Å². The van der Waals surface area contributed by atoms with Gasteiger partial charge < -0.3 is 5.32 Å². The number of halogens is 2. The molecule has 0 saturated carbocycles. The average Bonchev–Trinajstić information content (AvgIpc) is 2.24. The minimum Gasteiger partial charge on any atom is -0.366 e. The zero-order valence-corrected chi connectivity index (χ0v) is 11.4. The Morgan fingerprint density at radius 3 is 2.87 bits per heavy atom. The number of pyridine rings is 1. The van der Waals surface area contributed by atoms with Crippen LogP contribution < -0.4 is 5.32 Å². The summed E-state index contributed by atoms with van der Waals surface area (Å²) in [5.41, 5.74) is 0. The fourth-order valence-corrected chi connectivity index (χ4v) is 2.74. The van der Waals surface area contributed by atoms with E-state index in [0.29, 0.717) is 6.04 Å². The van der Waals surface area contributed by atoms with E-state index in [1.165, 1.54) is 6.42 Å². The van der Waals surface area contributed by atoms with E-state index in [9.17, 15) is 0 Å². The number of nitrogens with zero attached hydrogens (tertiary/aromatic N) is 1. The van der Waals surface area contributed by atoms with Crippen LogP contribution in [0.1, 0.15) is 19.3 Å². The van der Waals surface area contributed by atoms with E-state index < -0.39 is 0 Å². The second-order valence-corrected chi connectivity index (χ2v) is 5.38. The lowest BCUT2D eigenvalue weighted by Crippen LogP contribution is -2.21. The van der Waals surface area contributed by atoms with Crippen molar-refractivity contribution < 1.29 is 0 Å². The first-order chi connectivity index (χ1) is 7.25. The summed E-state index contributed by atoms with van der Waals surface area (Å²) in [7, 11) is 0. The number of hydrogen-bond acceptors (Lipinski definition) is 2. The molecular weight excluding hydrogens is 320 g/mol. The van der Waals surface area contributed by atoms with Crippen LogP contribution in [0.25, 0.3) is 0 Å². The molecule has 0 fully saturated rings. The molecule has 1 heterocycles. The zero-order chi connectivity index (χ0) is 10.7. The molecule has 15 heavy (non-hydrogen) atoms. The van der Waals surface area contributed by atoms with Crippen molar-refractivity contribution in [1.82, 2.24) is 4.98 Å². The molecule has 1 aromatic rings. The number of hydrogen-bond donors (Lipinski definition) is 1. The second-order valence-electron chi connectivity index (χ2n) is 3.61. The van der Waals surface area contributed by atoms with Gasteiger partial charge in [0.2, 0.25) is 0 Å². The van der Waals surface area contributed by atoms with Gasteiger partial charge in [0.15, 0.2) is 0 Å². The summed E-state index contributed by atoms with van der Waals surface area (Å²) in [6, 6.07) is 2.52. The van der Waals surface area contributed by atoms with Crippen LogP contribution in [0.2, 0.25) is 0 Å². The second kappa shape index (κ2) is 5.12. The van der Waals surface area contributed by atoms with Crippen molar-refractivity contribution >= 4 is 37.7 Å². The van der Waals surface area contributed by atoms with Crippen LogP contribution in [0.3, 0.4) is 0 Å². The molecule has 0 spiro atoms. The highest BCUT2D eigenvalue weighted by Gasteiger charge is 2.11. The normalized spacial score (nSPS) is 20.3. The third-order valence-corrected chi connectivity index (χ3v) is 3.46. The molecule has 4 heteroatoms. The summed E-state index contributed by atoms with van der Waals surface area (Å²) in [5, 5.41) is 3.45. The van der Waals surface area contributed by atoms with Gasteiger partial charge in [-0.05, 0) is 57.2 Å². The Kier molecular flexibility index (Phi) is 3.81. The van der Waals surface area contributed by atoms with E-state index >= 15 is 0 Å². The van der Waals surface area contributed by atoms with Crippen LogP contribution in [-0.4, -0.2) is 11.0 Å². The number of rotatable bonds is 2. The third-order valence-electron chi connectivity index (χ3n) is 2.42. The molecule has 0 saturated heterocycles. The lowest BCUT2D eigenvalue weighted by atomic mass is 10.0. The van der Waals surface area contributed by atoms with E-state index in [-0.39, 0.29) is 0 Å². The maximum atomic E-state index is 4.34. The molecule has 0 amide bonds. The lowest BCUT2D eigenvalue weighted by Gasteiger charge is -2.20. The summed E-state index contributed by atoms with van der Waals surface area (Å²) < 4.78 is 2.00. The predicted octanol–water partition coefficient (Wildman–Crippen LogP) is 4.13. The molecule has 1 aromatic heterocycles. The Balaban J connectivity index is 2.06. The van der Waals surface area contributed by atoms with Crippen LogP contribution in [-0.2, 0) is 0 Å². The highest BCUT2D eigenvalue weighted by atomic mass is 79.9. The molecule has 2 nitrogen and oxygen atoms in total. The van der Waals surface area contributed by atoms with Crippen LogP contribution in [0, 0.1) is 0 Å². The Morgan fingerprint density at radius 1 is 1.33 bits per heavy atom. The van der Waals surface area contributed by atoms with Crippen molar-refractivity contribution in [3.8, 4) is 0 Å². The first-order valence-corrected chi connectivity index (χ1v) is 6.57. The van der Waals surface area contributed by atoms with Crippen molar-refractivity contribution in [2.75, 3.05) is 5.32 Å². The third kappa shape index (κ3) is 3.05. The highest BCUT2D eigenvalue weighted by molar-refractivity contribution is 9.11. The Morgan fingerprint density at radius 2 is 2.20 bits per heavy atom. The lowest BCUT2D eigenvalue weighted by molar-refractivity contribution is 0.641. The van der Waals surface area contributed by atoms with Gasteiger partial charge in [-0.2, -0.15) is 0 Å². The van der Waals surface area contributed by atoms with E-state index in [2.05, 4.69) is 54.3 Å². The molecule has 1 atom stereocenters. The average molecular weight is 332 g/mol. The fourth-order valence-electron chi connectivity index (χ4n) is 1.64. The molecule has 0 bridgehead atoms. The Hall–Kier alpha value is -0.350. The SMILES string of the molecule is Brc1cnc(NC2CC=CCC2)c(Br)c1. The summed E-state index contributed by atoms with van der Waals surface area (Å²) >= 11 is 6.89. The molecular formula is C11H12Br2N2. The maximum absolute atomic E-state index is 4.34. The highest BCUT2D eigenvalue weighted by Crippen LogP contribution is 2.25. The number of aromatic nitrogens is 1. The van der Waals surface area contributed by atoms with Crippen molar-refractivity contribution in [3.05, 3.63) is 33.4 Å². The standard InChI is InChI=1S/C11H12Br2N2/c12-8-6-10(13)11(14-7-8)15-9-4-2-1-3-5-9/h1-2,6-7,9H,3-5H2,(H,14,15). The van der Waals surface area contributed by atoms with E-state index in [1.54, 1.807) is 0 Å². The molecule has 1 N–H and O–H groups in total. The van der Waals surface area contributed by atoms with E-state index in [1.807, 2.05) is 12.3 Å². The quantitative estimate of drug-likeness (QED) is 0.824. The summed E-state index contributed by atoms with van der Waals surface area (Å²) in [6.45, 7) is 0. The van der Waals surface area contributed by atoms with Crippen LogP contribution in [0.15, 0.2) is 33.4 Å². The van der Waals surface area contributed by atoms with Crippen molar-refractivity contribution in [2.45, 2.75) is 25.3 Å². The van der Waals surface area contributed by atoms with Gasteiger partial charge in [-0.25, -0.2) is 4.98 Å². The summed E-state index contributed by atoms with van der Waals surface area (Å²) in [6.07, 6.45) is 9.71. The van der Waals surface area contributed by atoms with Crippen molar-refractivity contribution in [3.63, 3.8) is 0 Å². The smallest absolute Gasteiger partial charge is 0.140 e. The number of nitrogens with one attached hydrogen (secondary N) is 1. The molecule has 0 aromatic carbocycles. The maximum Gasteiger partial charge on any atom is 0.140 e. The number of anilines is 1. The van der Waals surface area contributed by atoms with Gasteiger partial charge in [0, 0.05) is 16.7 Å². The molecule has 1 unspecified atom stereocenters. The van der Waals surface area contributed by atoms with Gasteiger partial charge in [-0.15, -0.1) is 0 Å². The topological polar surface area (TPSA) is 24.9 Å². The molecule has 0 radical (unpaired) electrons. The van der Waals surface area contributed by atoms with Crippen molar-refractivity contribution in [2.24, 2.45) is 0 Å². The monoisotopic (exact) mass is 330 g/mol. The largest absolute Gasteiger partial charge is 0.366 e. The molecule has 0 aliphatic heterocycles. The number of allylic oxidation sites excluding steroid dienone is 1.